The van der Waals surface area contributed by atoms with Crippen molar-refractivity contribution in [3.05, 3.63) is 29.2 Å². The number of nitrogens with one attached hydrogen (secondary N) is 1. The Morgan fingerprint density at radius 1 is 1.43 bits per heavy atom. The lowest BCUT2D eigenvalue weighted by atomic mass is 10.2. The van der Waals surface area contributed by atoms with Crippen LogP contribution in [0.15, 0.2) is 22.9 Å². The maximum atomic E-state index is 11.4. The van der Waals surface area contributed by atoms with Crippen LogP contribution in [0.25, 0.3) is 11.5 Å². The Hall–Kier alpha value is -1.51. The van der Waals surface area contributed by atoms with Gasteiger partial charge >= 0.3 is 0 Å². The second-order valence-electron chi connectivity index (χ2n) is 4.85. The lowest BCUT2D eigenvalue weighted by Gasteiger charge is -2.07. The highest BCUT2D eigenvalue weighted by atomic mass is 35.5. The average molecular weight is 329 g/mol. The zero-order valence-corrected chi connectivity index (χ0v) is 12.6. The fourth-order valence-corrected chi connectivity index (χ4v) is 3.95. The minimum absolute atomic E-state index is 0.0565. The number of hydrogen-bond acceptors (Lipinski definition) is 7. The van der Waals surface area contributed by atoms with Crippen LogP contribution in [0.4, 0.5) is 0 Å². The summed E-state index contributed by atoms with van der Waals surface area (Å²) in [6.07, 6.45) is 2.12. The first-order valence-electron chi connectivity index (χ1n) is 6.40. The number of hydrogen-bond donors (Lipinski definition) is 1. The van der Waals surface area contributed by atoms with Crippen molar-refractivity contribution in [2.45, 2.75) is 19.0 Å². The van der Waals surface area contributed by atoms with E-state index in [2.05, 4.69) is 20.4 Å². The Kier molecular flexibility index (Phi) is 3.92. The number of sulfone groups is 1. The summed E-state index contributed by atoms with van der Waals surface area (Å²) in [6.45, 7) is 0.334. The van der Waals surface area contributed by atoms with E-state index in [-0.39, 0.29) is 17.5 Å². The minimum atomic E-state index is -2.89. The zero-order chi connectivity index (χ0) is 14.9. The van der Waals surface area contributed by atoms with E-state index in [4.69, 9.17) is 16.1 Å². The highest BCUT2D eigenvalue weighted by Crippen LogP contribution is 2.16. The Labute approximate surface area is 126 Å². The summed E-state index contributed by atoms with van der Waals surface area (Å²) >= 11 is 5.76. The molecule has 21 heavy (non-hydrogen) atoms. The molecule has 0 saturated carbocycles. The first-order valence-corrected chi connectivity index (χ1v) is 8.60. The molecule has 0 aromatic carbocycles. The summed E-state index contributed by atoms with van der Waals surface area (Å²) in [6, 6.07) is 3.34. The highest BCUT2D eigenvalue weighted by Gasteiger charge is 2.27. The molecule has 0 amide bonds. The molecule has 1 N–H and O–H groups in total. The second-order valence-corrected chi connectivity index (χ2v) is 7.52. The molecule has 1 aliphatic rings. The third kappa shape index (κ3) is 3.58. The van der Waals surface area contributed by atoms with Crippen molar-refractivity contribution in [2.24, 2.45) is 0 Å². The van der Waals surface area contributed by atoms with Gasteiger partial charge in [-0.05, 0) is 18.6 Å². The highest BCUT2D eigenvalue weighted by molar-refractivity contribution is 7.91. The Balaban J connectivity index is 1.62. The van der Waals surface area contributed by atoms with Gasteiger partial charge < -0.3 is 9.84 Å². The Morgan fingerprint density at radius 2 is 2.29 bits per heavy atom. The van der Waals surface area contributed by atoms with Gasteiger partial charge in [-0.15, -0.1) is 0 Å². The molecule has 0 aliphatic carbocycles. The van der Waals surface area contributed by atoms with Gasteiger partial charge in [-0.2, -0.15) is 4.98 Å². The summed E-state index contributed by atoms with van der Waals surface area (Å²) in [7, 11) is -2.89. The molecule has 3 rings (SSSR count). The number of rotatable bonds is 4. The van der Waals surface area contributed by atoms with Crippen molar-refractivity contribution in [1.82, 2.24) is 20.4 Å². The SMILES string of the molecule is O=S1(=O)CCC(NCc2nc(-c3ccc(Cl)cn3)no2)C1. The quantitative estimate of drug-likeness (QED) is 0.896. The maximum Gasteiger partial charge on any atom is 0.240 e. The molecule has 0 spiro atoms. The minimum Gasteiger partial charge on any atom is -0.337 e. The first kappa shape index (κ1) is 14.4. The van der Waals surface area contributed by atoms with E-state index >= 15 is 0 Å². The van der Waals surface area contributed by atoms with Gasteiger partial charge in [0.15, 0.2) is 9.84 Å². The van der Waals surface area contributed by atoms with Crippen LogP contribution in [-0.4, -0.2) is 41.1 Å². The molecule has 1 atom stereocenters. The van der Waals surface area contributed by atoms with Gasteiger partial charge in [0, 0.05) is 12.2 Å². The zero-order valence-electron chi connectivity index (χ0n) is 11.0. The van der Waals surface area contributed by atoms with E-state index < -0.39 is 9.84 Å². The summed E-state index contributed by atoms with van der Waals surface area (Å²) in [5, 5.41) is 7.48. The van der Waals surface area contributed by atoms with Crippen molar-refractivity contribution in [3.8, 4) is 11.5 Å². The van der Waals surface area contributed by atoms with Gasteiger partial charge in [-0.1, -0.05) is 16.8 Å². The van der Waals surface area contributed by atoms with Gasteiger partial charge in [0.1, 0.15) is 5.69 Å². The molecule has 1 saturated heterocycles. The van der Waals surface area contributed by atoms with E-state index in [0.29, 0.717) is 35.4 Å². The summed E-state index contributed by atoms with van der Waals surface area (Å²) < 4.78 is 27.8. The molecular formula is C12H13ClN4O3S. The summed E-state index contributed by atoms with van der Waals surface area (Å²) in [4.78, 5) is 8.31. The van der Waals surface area contributed by atoms with E-state index in [1.54, 1.807) is 12.1 Å². The number of halogens is 1. The standard InChI is InChI=1S/C12H13ClN4O3S/c13-8-1-2-10(15-5-8)12-16-11(20-17-12)6-14-9-3-4-21(18,19)7-9/h1-2,5,9,14H,3-4,6-7H2. The molecule has 0 radical (unpaired) electrons. The van der Waals surface area contributed by atoms with Gasteiger partial charge in [0.2, 0.25) is 11.7 Å². The summed E-state index contributed by atoms with van der Waals surface area (Å²) in [5.41, 5.74) is 0.567. The summed E-state index contributed by atoms with van der Waals surface area (Å²) in [5.74, 6) is 1.16. The third-order valence-electron chi connectivity index (χ3n) is 3.20. The van der Waals surface area contributed by atoms with Crippen molar-refractivity contribution in [2.75, 3.05) is 11.5 Å². The predicted molar refractivity (Wildman–Crippen MR) is 76.4 cm³/mol. The molecule has 7 nitrogen and oxygen atoms in total. The first-order chi connectivity index (χ1) is 10.0. The van der Waals surface area contributed by atoms with Crippen molar-refractivity contribution >= 4 is 21.4 Å². The number of aromatic nitrogens is 3. The molecular weight excluding hydrogens is 316 g/mol. The Bertz CT molecular complexity index is 729. The third-order valence-corrected chi connectivity index (χ3v) is 5.19. The van der Waals surface area contributed by atoms with Gasteiger partial charge in [0.05, 0.1) is 23.1 Å². The molecule has 112 valence electrons. The second kappa shape index (κ2) is 5.70. The van der Waals surface area contributed by atoms with Crippen LogP contribution in [-0.2, 0) is 16.4 Å². The van der Waals surface area contributed by atoms with Crippen LogP contribution in [0, 0.1) is 0 Å². The van der Waals surface area contributed by atoms with E-state index in [1.807, 2.05) is 0 Å². The van der Waals surface area contributed by atoms with E-state index in [0.717, 1.165) is 0 Å². The molecule has 2 aromatic rings. The van der Waals surface area contributed by atoms with Crippen LogP contribution in [0.1, 0.15) is 12.3 Å². The van der Waals surface area contributed by atoms with E-state index in [1.165, 1.54) is 6.20 Å². The fraction of sp³-hybridized carbons (Fsp3) is 0.417. The predicted octanol–water partition coefficient (Wildman–Crippen LogP) is 1.06. The van der Waals surface area contributed by atoms with Gasteiger partial charge in [-0.3, -0.25) is 4.98 Å². The van der Waals surface area contributed by atoms with Crippen molar-refractivity contribution in [3.63, 3.8) is 0 Å². The fourth-order valence-electron chi connectivity index (χ4n) is 2.13. The van der Waals surface area contributed by atoms with E-state index in [9.17, 15) is 8.42 Å². The van der Waals surface area contributed by atoms with Crippen LogP contribution in [0.3, 0.4) is 0 Å². The number of nitrogens with zero attached hydrogens (tertiary/aromatic N) is 3. The van der Waals surface area contributed by atoms with Crippen LogP contribution < -0.4 is 5.32 Å². The largest absolute Gasteiger partial charge is 0.337 e. The van der Waals surface area contributed by atoms with Crippen molar-refractivity contribution < 1.29 is 12.9 Å². The molecule has 0 bridgehead atoms. The molecule has 2 aromatic heterocycles. The van der Waals surface area contributed by atoms with Crippen LogP contribution >= 0.6 is 11.6 Å². The number of pyridine rings is 1. The van der Waals surface area contributed by atoms with Crippen LogP contribution in [0.2, 0.25) is 5.02 Å². The molecule has 1 fully saturated rings. The Morgan fingerprint density at radius 3 is 2.95 bits per heavy atom. The normalized spacial score (nSPS) is 20.7. The molecule has 9 heteroatoms. The van der Waals surface area contributed by atoms with Gasteiger partial charge in [0.25, 0.3) is 0 Å². The smallest absolute Gasteiger partial charge is 0.240 e. The average Bonchev–Trinajstić information content (AvgIpc) is 3.04. The van der Waals surface area contributed by atoms with Crippen LogP contribution in [0.5, 0.6) is 0 Å². The lowest BCUT2D eigenvalue weighted by molar-refractivity contribution is 0.360. The monoisotopic (exact) mass is 328 g/mol. The molecule has 1 aliphatic heterocycles. The topological polar surface area (TPSA) is 98.0 Å². The lowest BCUT2D eigenvalue weighted by Crippen LogP contribution is -2.29. The maximum absolute atomic E-state index is 11.4. The van der Waals surface area contributed by atoms with Crippen molar-refractivity contribution in [1.29, 1.82) is 0 Å². The molecule has 1 unspecified atom stereocenters. The molecule has 3 heterocycles. The van der Waals surface area contributed by atoms with Gasteiger partial charge in [-0.25, -0.2) is 8.42 Å².